The highest BCUT2D eigenvalue weighted by molar-refractivity contribution is 5.66. The third-order valence-electron chi connectivity index (χ3n) is 7.67. The van der Waals surface area contributed by atoms with E-state index in [4.69, 9.17) is 5.11 Å². The summed E-state index contributed by atoms with van der Waals surface area (Å²) in [6.07, 6.45) is 10.2. The first-order valence-corrected chi connectivity index (χ1v) is 11.1. The molecule has 0 aromatic heterocycles. The minimum Gasteiger partial charge on any atom is -0.481 e. The molecule has 3 rings (SSSR count). The molecule has 0 aromatic carbocycles. The first-order chi connectivity index (χ1) is 13.4. The number of fused-ring (bicyclic) bond motifs is 1. The Labute approximate surface area is 169 Å². The summed E-state index contributed by atoms with van der Waals surface area (Å²) in [6.45, 7) is 4.46. The van der Waals surface area contributed by atoms with Crippen LogP contribution in [0, 0.1) is 40.9 Å². The van der Waals surface area contributed by atoms with Gasteiger partial charge in [0.05, 0.1) is 12.0 Å². The molecular formula is C24H36O4. The smallest absolute Gasteiger partial charge is 0.303 e. The molecule has 3 N–H and O–H groups in total. The third kappa shape index (κ3) is 4.16. The maximum Gasteiger partial charge on any atom is 0.303 e. The van der Waals surface area contributed by atoms with Crippen LogP contribution >= 0.6 is 0 Å². The van der Waals surface area contributed by atoms with Crippen LogP contribution in [0.25, 0.3) is 0 Å². The molecule has 0 bridgehead atoms. The van der Waals surface area contributed by atoms with Gasteiger partial charge in [-0.1, -0.05) is 56.6 Å². The van der Waals surface area contributed by atoms with Gasteiger partial charge in [-0.2, -0.15) is 0 Å². The summed E-state index contributed by atoms with van der Waals surface area (Å²) in [7, 11) is 0. The second-order valence-electron chi connectivity index (χ2n) is 9.43. The van der Waals surface area contributed by atoms with Gasteiger partial charge in [-0.25, -0.2) is 0 Å². The topological polar surface area (TPSA) is 77.8 Å². The summed E-state index contributed by atoms with van der Waals surface area (Å²) in [5.41, 5.74) is 1.40. The molecule has 4 heteroatoms. The van der Waals surface area contributed by atoms with Crippen LogP contribution in [0.2, 0.25) is 0 Å². The van der Waals surface area contributed by atoms with Crippen LogP contribution in [0.1, 0.15) is 78.1 Å². The van der Waals surface area contributed by atoms with Gasteiger partial charge in [-0.05, 0) is 61.7 Å². The Bertz CT molecular complexity index is 649. The molecule has 0 aliphatic heterocycles. The average Bonchev–Trinajstić information content (AvgIpc) is 2.65. The van der Waals surface area contributed by atoms with E-state index < -0.39 is 18.2 Å². The Kier molecular flexibility index (Phi) is 6.89. The molecular weight excluding hydrogens is 352 g/mol. The summed E-state index contributed by atoms with van der Waals surface area (Å²) in [5.74, 6) is 6.59. The monoisotopic (exact) mass is 388 g/mol. The van der Waals surface area contributed by atoms with E-state index in [9.17, 15) is 15.0 Å². The Morgan fingerprint density at radius 1 is 1.25 bits per heavy atom. The fourth-order valence-corrected chi connectivity index (χ4v) is 6.02. The minimum absolute atomic E-state index is 0.0346. The number of carboxylic acid groups (broad SMARTS) is 1. The first-order valence-electron chi connectivity index (χ1n) is 11.1. The summed E-state index contributed by atoms with van der Waals surface area (Å²) in [5, 5.41) is 30.1. The van der Waals surface area contributed by atoms with Gasteiger partial charge >= 0.3 is 5.97 Å². The lowest BCUT2D eigenvalue weighted by Crippen LogP contribution is -2.56. The van der Waals surface area contributed by atoms with Crippen molar-refractivity contribution >= 4 is 5.97 Å². The summed E-state index contributed by atoms with van der Waals surface area (Å²) < 4.78 is 0. The SMILES string of the molecule is CC(C)[C@@]12CC[C@H](O)[C@@H](C#CC(O)C3CCCCC3)[C@@H]1CC2=CCCC(=O)O. The number of aliphatic carboxylic acids is 1. The number of rotatable bonds is 5. The quantitative estimate of drug-likeness (QED) is 0.488. The van der Waals surface area contributed by atoms with Crippen LogP contribution in [-0.4, -0.2) is 33.5 Å². The Morgan fingerprint density at radius 2 is 1.96 bits per heavy atom. The van der Waals surface area contributed by atoms with E-state index in [1.165, 1.54) is 24.8 Å². The van der Waals surface area contributed by atoms with Crippen LogP contribution in [0.5, 0.6) is 0 Å². The molecule has 0 radical (unpaired) electrons. The zero-order valence-corrected chi connectivity index (χ0v) is 17.4. The highest BCUT2D eigenvalue weighted by Crippen LogP contribution is 2.64. The second kappa shape index (κ2) is 9.01. The molecule has 3 aliphatic carbocycles. The fourth-order valence-electron chi connectivity index (χ4n) is 6.02. The zero-order chi connectivity index (χ0) is 20.3. The van der Waals surface area contributed by atoms with E-state index in [1.807, 2.05) is 0 Å². The van der Waals surface area contributed by atoms with Gasteiger partial charge in [0.15, 0.2) is 0 Å². The van der Waals surface area contributed by atoms with E-state index in [0.29, 0.717) is 18.3 Å². The highest BCUT2D eigenvalue weighted by Gasteiger charge is 2.58. The molecule has 3 aliphatic rings. The van der Waals surface area contributed by atoms with E-state index in [1.54, 1.807) is 0 Å². The number of aliphatic hydroxyl groups excluding tert-OH is 2. The van der Waals surface area contributed by atoms with Gasteiger partial charge < -0.3 is 15.3 Å². The number of allylic oxidation sites excluding steroid dienone is 2. The van der Waals surface area contributed by atoms with Gasteiger partial charge in [0.2, 0.25) is 0 Å². The predicted molar refractivity (Wildman–Crippen MR) is 109 cm³/mol. The maximum absolute atomic E-state index is 10.9. The van der Waals surface area contributed by atoms with Crippen LogP contribution in [0.15, 0.2) is 11.6 Å². The molecule has 3 saturated carbocycles. The predicted octanol–water partition coefficient (Wildman–Crippen LogP) is 4.16. The third-order valence-corrected chi connectivity index (χ3v) is 7.67. The molecule has 1 unspecified atom stereocenters. The van der Waals surface area contributed by atoms with Crippen molar-refractivity contribution in [3.63, 3.8) is 0 Å². The van der Waals surface area contributed by atoms with E-state index in [2.05, 4.69) is 31.8 Å². The molecule has 0 spiro atoms. The maximum atomic E-state index is 10.9. The van der Waals surface area contributed by atoms with Crippen molar-refractivity contribution in [3.05, 3.63) is 11.6 Å². The van der Waals surface area contributed by atoms with Crippen molar-refractivity contribution < 1.29 is 20.1 Å². The van der Waals surface area contributed by atoms with E-state index in [-0.39, 0.29) is 23.7 Å². The lowest BCUT2D eigenvalue weighted by Gasteiger charge is -2.61. The molecule has 0 amide bonds. The average molecular weight is 389 g/mol. The summed E-state index contributed by atoms with van der Waals surface area (Å²) in [6, 6.07) is 0. The van der Waals surface area contributed by atoms with Gasteiger partial charge in [0.25, 0.3) is 0 Å². The minimum atomic E-state index is -0.758. The zero-order valence-electron chi connectivity index (χ0n) is 17.4. The number of aliphatic hydroxyl groups is 2. The summed E-state index contributed by atoms with van der Waals surface area (Å²) in [4.78, 5) is 10.9. The van der Waals surface area contributed by atoms with E-state index in [0.717, 1.165) is 32.1 Å². The molecule has 3 fully saturated rings. The van der Waals surface area contributed by atoms with Crippen molar-refractivity contribution in [2.75, 3.05) is 0 Å². The van der Waals surface area contributed by atoms with Crippen LogP contribution in [0.3, 0.4) is 0 Å². The number of hydrogen-bond acceptors (Lipinski definition) is 3. The number of carboxylic acids is 1. The van der Waals surface area contributed by atoms with Crippen molar-refractivity contribution in [2.24, 2.45) is 29.1 Å². The first kappa shape index (κ1) is 21.4. The van der Waals surface area contributed by atoms with E-state index >= 15 is 0 Å². The van der Waals surface area contributed by atoms with Crippen molar-refractivity contribution in [3.8, 4) is 11.8 Å². The van der Waals surface area contributed by atoms with Crippen molar-refractivity contribution in [2.45, 2.75) is 90.3 Å². The molecule has 0 heterocycles. The number of carbonyl (C=O) groups is 1. The van der Waals surface area contributed by atoms with Crippen LogP contribution < -0.4 is 0 Å². The van der Waals surface area contributed by atoms with Crippen molar-refractivity contribution in [1.82, 2.24) is 0 Å². The molecule has 0 saturated heterocycles. The van der Waals surface area contributed by atoms with Crippen LogP contribution in [0.4, 0.5) is 0 Å². The van der Waals surface area contributed by atoms with Gasteiger partial charge in [0.1, 0.15) is 6.10 Å². The Hall–Kier alpha value is -1.31. The fraction of sp³-hybridized carbons (Fsp3) is 0.792. The molecule has 5 atom stereocenters. The standard InChI is InChI=1S/C24H36O4/c1-16(2)24-14-13-22(26)19(11-12-21(25)17-7-4-3-5-8-17)20(24)15-18(24)9-6-10-23(27)28/h9,16-17,19-22,25-26H,3-8,10,13-15H2,1-2H3,(H,27,28)/t19-,20-,21?,22-,24+/m0/s1. The lowest BCUT2D eigenvalue weighted by molar-refractivity contribution is -0.136. The Morgan fingerprint density at radius 3 is 2.61 bits per heavy atom. The molecule has 0 aromatic rings. The Balaban J connectivity index is 1.74. The van der Waals surface area contributed by atoms with Crippen molar-refractivity contribution in [1.29, 1.82) is 0 Å². The van der Waals surface area contributed by atoms with Gasteiger partial charge in [-0.15, -0.1) is 0 Å². The highest BCUT2D eigenvalue weighted by atomic mass is 16.4. The largest absolute Gasteiger partial charge is 0.481 e. The van der Waals surface area contributed by atoms with Crippen LogP contribution in [-0.2, 0) is 4.79 Å². The molecule has 28 heavy (non-hydrogen) atoms. The van der Waals surface area contributed by atoms with Gasteiger partial charge in [-0.3, -0.25) is 4.79 Å². The lowest BCUT2D eigenvalue weighted by atomic mass is 9.43. The van der Waals surface area contributed by atoms with Gasteiger partial charge in [0, 0.05) is 6.42 Å². The normalized spacial score (nSPS) is 35.6. The molecule has 156 valence electrons. The summed E-state index contributed by atoms with van der Waals surface area (Å²) >= 11 is 0. The second-order valence-corrected chi connectivity index (χ2v) is 9.43. The molecule has 4 nitrogen and oxygen atoms in total. The number of hydrogen-bond donors (Lipinski definition) is 3.